The van der Waals surface area contributed by atoms with Crippen LogP contribution in [0.3, 0.4) is 0 Å². The minimum Gasteiger partial charge on any atom is -0.326 e. The van der Waals surface area contributed by atoms with Crippen molar-refractivity contribution in [2.75, 3.05) is 11.9 Å². The number of benzene rings is 1. The summed E-state index contributed by atoms with van der Waals surface area (Å²) in [5, 5.41) is 7.81. The standard InChI is InChI=1S/C29H29BrFN7O3/c1-15-6-7-23(30)34-27(15)35-28(41)22-10-29(5,31)14-37(22)24(40)13-38-26-16(2)8-19(20-11-32-18(4)33-12-20)9-21(26)25(36-38)17(3)39/h6-9,11-12,22H,10,13-14H2,1-5H3,(H,34,35,41)/t22-,29+/m0/s1. The van der Waals surface area contributed by atoms with Crippen LogP contribution in [-0.4, -0.2) is 65.5 Å². The smallest absolute Gasteiger partial charge is 0.248 e. The van der Waals surface area contributed by atoms with Gasteiger partial charge in [0, 0.05) is 36.7 Å². The maximum atomic E-state index is 15.2. The zero-order chi connectivity index (χ0) is 29.6. The molecule has 0 spiro atoms. The van der Waals surface area contributed by atoms with Crippen molar-refractivity contribution in [3.8, 4) is 11.1 Å². The molecule has 1 aliphatic rings. The van der Waals surface area contributed by atoms with Crippen LogP contribution in [0.25, 0.3) is 22.0 Å². The topological polar surface area (TPSA) is 123 Å². The third-order valence-corrected chi connectivity index (χ3v) is 7.63. The summed E-state index contributed by atoms with van der Waals surface area (Å²) in [6, 6.07) is 6.25. The van der Waals surface area contributed by atoms with Gasteiger partial charge in [-0.15, -0.1) is 0 Å². The van der Waals surface area contributed by atoms with Crippen molar-refractivity contribution < 1.29 is 18.8 Å². The number of anilines is 1. The third kappa shape index (κ3) is 5.74. The lowest BCUT2D eigenvalue weighted by molar-refractivity contribution is -0.137. The highest BCUT2D eigenvalue weighted by atomic mass is 79.9. The van der Waals surface area contributed by atoms with Crippen LogP contribution in [0.1, 0.15) is 47.7 Å². The first-order valence-corrected chi connectivity index (χ1v) is 13.9. The molecule has 5 rings (SSSR count). The average Bonchev–Trinajstić information content (AvgIpc) is 3.44. The van der Waals surface area contributed by atoms with Crippen molar-refractivity contribution in [1.29, 1.82) is 0 Å². The summed E-state index contributed by atoms with van der Waals surface area (Å²) in [5.74, 6) is -0.295. The normalized spacial score (nSPS) is 18.6. The minimum absolute atomic E-state index is 0.156. The number of carbonyl (C=O) groups excluding carboxylic acids is 3. The Hall–Kier alpha value is -4.06. The summed E-state index contributed by atoms with van der Waals surface area (Å²) in [4.78, 5) is 53.5. The number of amides is 2. The lowest BCUT2D eigenvalue weighted by Gasteiger charge is -2.24. The van der Waals surface area contributed by atoms with Gasteiger partial charge in [-0.25, -0.2) is 19.3 Å². The predicted octanol–water partition coefficient (Wildman–Crippen LogP) is 4.75. The molecule has 0 unspecified atom stereocenters. The lowest BCUT2D eigenvalue weighted by Crippen LogP contribution is -2.45. The molecule has 3 aromatic heterocycles. The van der Waals surface area contributed by atoms with Crippen LogP contribution in [0.15, 0.2) is 41.3 Å². The molecular weight excluding hydrogens is 593 g/mol. The van der Waals surface area contributed by atoms with Gasteiger partial charge in [-0.2, -0.15) is 5.10 Å². The molecule has 1 aromatic carbocycles. The summed E-state index contributed by atoms with van der Waals surface area (Å²) in [5.41, 5.74) is 2.17. The number of rotatable bonds is 6. The number of likely N-dealkylation sites (tertiary alicyclic amines) is 1. The van der Waals surface area contributed by atoms with Crippen LogP contribution in [0.4, 0.5) is 10.2 Å². The van der Waals surface area contributed by atoms with E-state index in [4.69, 9.17) is 0 Å². The first kappa shape index (κ1) is 28.5. The molecule has 0 bridgehead atoms. The van der Waals surface area contributed by atoms with Crippen LogP contribution >= 0.6 is 15.9 Å². The van der Waals surface area contributed by atoms with Gasteiger partial charge in [0.2, 0.25) is 11.8 Å². The monoisotopic (exact) mass is 621 g/mol. The van der Waals surface area contributed by atoms with Crippen molar-refractivity contribution >= 4 is 50.2 Å². The van der Waals surface area contributed by atoms with E-state index in [0.717, 1.165) is 22.3 Å². The van der Waals surface area contributed by atoms with Gasteiger partial charge < -0.3 is 10.2 Å². The zero-order valence-electron chi connectivity index (χ0n) is 23.3. The number of aryl methyl sites for hydroxylation is 3. The lowest BCUT2D eigenvalue weighted by atomic mass is 10.0. The molecule has 41 heavy (non-hydrogen) atoms. The number of nitrogens with one attached hydrogen (secondary N) is 1. The second-order valence-electron chi connectivity index (χ2n) is 10.7. The summed E-state index contributed by atoms with van der Waals surface area (Å²) in [7, 11) is 0. The Labute approximate surface area is 244 Å². The SMILES string of the molecule is CC(=O)c1nn(CC(=O)N2C[C@](C)(F)C[C@H]2C(=O)Nc2nc(Br)ccc2C)c2c(C)cc(-c3cnc(C)nc3)cc12. The van der Waals surface area contributed by atoms with Gasteiger partial charge in [-0.05, 0) is 78.5 Å². The molecule has 12 heteroatoms. The number of ketones is 1. The Morgan fingerprint density at radius 1 is 1.10 bits per heavy atom. The van der Waals surface area contributed by atoms with Gasteiger partial charge in [0.15, 0.2) is 5.78 Å². The third-order valence-electron chi connectivity index (χ3n) is 7.19. The number of hydrogen-bond acceptors (Lipinski definition) is 7. The summed E-state index contributed by atoms with van der Waals surface area (Å²) in [6.07, 6.45) is 3.27. The Kier molecular flexibility index (Phi) is 7.45. The van der Waals surface area contributed by atoms with Gasteiger partial charge in [-0.1, -0.05) is 6.07 Å². The largest absolute Gasteiger partial charge is 0.326 e. The van der Waals surface area contributed by atoms with Crippen molar-refractivity contribution in [3.05, 3.63) is 63.9 Å². The maximum absolute atomic E-state index is 15.2. The molecule has 0 radical (unpaired) electrons. The first-order chi connectivity index (χ1) is 19.3. The summed E-state index contributed by atoms with van der Waals surface area (Å²) < 4.78 is 17.2. The van der Waals surface area contributed by atoms with E-state index >= 15 is 4.39 Å². The van der Waals surface area contributed by atoms with Gasteiger partial charge in [0.25, 0.3) is 0 Å². The number of fused-ring (bicyclic) bond motifs is 1. The Morgan fingerprint density at radius 2 is 1.80 bits per heavy atom. The number of nitrogens with zero attached hydrogens (tertiary/aromatic N) is 6. The molecule has 1 aliphatic heterocycles. The minimum atomic E-state index is -1.75. The van der Waals surface area contributed by atoms with Gasteiger partial charge in [0.1, 0.15) is 40.2 Å². The van der Waals surface area contributed by atoms with E-state index in [9.17, 15) is 14.4 Å². The molecule has 0 aliphatic carbocycles. The van der Waals surface area contributed by atoms with Crippen LogP contribution in [-0.2, 0) is 16.1 Å². The predicted molar refractivity (Wildman–Crippen MR) is 155 cm³/mol. The van der Waals surface area contributed by atoms with E-state index < -0.39 is 23.5 Å². The molecule has 1 N–H and O–H groups in total. The molecule has 10 nitrogen and oxygen atoms in total. The summed E-state index contributed by atoms with van der Waals surface area (Å²) >= 11 is 3.29. The van der Waals surface area contributed by atoms with E-state index in [0.29, 0.717) is 27.1 Å². The number of Topliss-reactive ketones (excluding diaryl/α,β-unsaturated/α-hetero) is 1. The van der Waals surface area contributed by atoms with E-state index in [1.165, 1.54) is 23.4 Å². The zero-order valence-corrected chi connectivity index (χ0v) is 24.9. The highest BCUT2D eigenvalue weighted by Crippen LogP contribution is 2.33. The van der Waals surface area contributed by atoms with Crippen LogP contribution < -0.4 is 5.32 Å². The molecule has 2 amide bonds. The average molecular weight is 622 g/mol. The van der Waals surface area contributed by atoms with Gasteiger partial charge in [0.05, 0.1) is 12.1 Å². The Balaban J connectivity index is 1.47. The first-order valence-electron chi connectivity index (χ1n) is 13.1. The van der Waals surface area contributed by atoms with E-state index in [-0.39, 0.29) is 31.0 Å². The fourth-order valence-corrected chi connectivity index (χ4v) is 5.51. The highest BCUT2D eigenvalue weighted by Gasteiger charge is 2.46. The molecular formula is C29H29BrFN7O3. The van der Waals surface area contributed by atoms with Crippen LogP contribution in [0, 0.1) is 20.8 Å². The Bertz CT molecular complexity index is 1700. The van der Waals surface area contributed by atoms with Gasteiger partial charge in [-0.3, -0.25) is 19.1 Å². The highest BCUT2D eigenvalue weighted by molar-refractivity contribution is 9.10. The second-order valence-corrected chi connectivity index (χ2v) is 11.5. The molecule has 1 saturated heterocycles. The number of pyridine rings is 1. The molecule has 1 fully saturated rings. The molecule has 2 atom stereocenters. The molecule has 212 valence electrons. The van der Waals surface area contributed by atoms with Crippen molar-refractivity contribution in [1.82, 2.24) is 29.6 Å². The van der Waals surface area contributed by atoms with E-state index in [1.807, 2.05) is 19.1 Å². The van der Waals surface area contributed by atoms with Crippen molar-refractivity contribution in [3.63, 3.8) is 0 Å². The van der Waals surface area contributed by atoms with Crippen LogP contribution in [0.5, 0.6) is 0 Å². The van der Waals surface area contributed by atoms with Crippen LogP contribution in [0.2, 0.25) is 0 Å². The number of hydrogen-bond donors (Lipinski definition) is 1. The second kappa shape index (κ2) is 10.7. The van der Waals surface area contributed by atoms with Gasteiger partial charge >= 0.3 is 0 Å². The fourth-order valence-electron chi connectivity index (χ4n) is 5.20. The molecule has 0 saturated carbocycles. The number of aromatic nitrogens is 5. The number of carbonyl (C=O) groups is 3. The molecule has 4 heterocycles. The number of alkyl halides is 1. The summed E-state index contributed by atoms with van der Waals surface area (Å²) in [6.45, 7) is 7.73. The number of halogens is 2. The quantitative estimate of drug-likeness (QED) is 0.243. The van der Waals surface area contributed by atoms with E-state index in [1.54, 1.807) is 38.4 Å². The maximum Gasteiger partial charge on any atom is 0.248 e. The van der Waals surface area contributed by atoms with E-state index in [2.05, 4.69) is 41.3 Å². The van der Waals surface area contributed by atoms with Crippen molar-refractivity contribution in [2.45, 2.75) is 59.3 Å². The Morgan fingerprint density at radius 3 is 2.49 bits per heavy atom. The molecule has 4 aromatic rings. The fraction of sp³-hybridized carbons (Fsp3) is 0.345. The van der Waals surface area contributed by atoms with Crippen molar-refractivity contribution in [2.24, 2.45) is 0 Å².